The third kappa shape index (κ3) is 5.96. The van der Waals surface area contributed by atoms with E-state index in [0.717, 1.165) is 30.6 Å². The Morgan fingerprint density at radius 1 is 1.24 bits per heavy atom. The third-order valence-corrected chi connectivity index (χ3v) is 4.63. The smallest absolute Gasteiger partial charge is 0.315 e. The van der Waals surface area contributed by atoms with Crippen molar-refractivity contribution in [3.05, 3.63) is 29.8 Å². The summed E-state index contributed by atoms with van der Waals surface area (Å²) >= 11 is 0. The maximum atomic E-state index is 12.2. The molecule has 1 saturated heterocycles. The number of carbonyl (C=O) groups excluding carboxylic acids is 2. The number of nitrogens with zero attached hydrogens (tertiary/aromatic N) is 2. The number of benzene rings is 1. The summed E-state index contributed by atoms with van der Waals surface area (Å²) in [5.41, 5.74) is 2.14. The van der Waals surface area contributed by atoms with Crippen molar-refractivity contribution >= 4 is 17.6 Å². The van der Waals surface area contributed by atoms with Gasteiger partial charge in [0.05, 0.1) is 0 Å². The van der Waals surface area contributed by atoms with Crippen LogP contribution in [0.2, 0.25) is 0 Å². The number of hydrogen-bond donors (Lipinski definition) is 2. The van der Waals surface area contributed by atoms with Gasteiger partial charge in [0.2, 0.25) is 5.91 Å². The van der Waals surface area contributed by atoms with Gasteiger partial charge in [-0.1, -0.05) is 12.1 Å². The first-order chi connectivity index (χ1) is 12.0. The van der Waals surface area contributed by atoms with E-state index in [1.807, 2.05) is 48.2 Å². The van der Waals surface area contributed by atoms with Gasteiger partial charge < -0.3 is 20.4 Å². The van der Waals surface area contributed by atoms with Crippen LogP contribution in [0.3, 0.4) is 0 Å². The van der Waals surface area contributed by atoms with Gasteiger partial charge in [0.25, 0.3) is 0 Å². The van der Waals surface area contributed by atoms with Crippen LogP contribution >= 0.6 is 0 Å². The molecule has 1 aliphatic rings. The molecule has 2 rings (SSSR count). The molecule has 0 bridgehead atoms. The van der Waals surface area contributed by atoms with Gasteiger partial charge in [0.1, 0.15) is 0 Å². The molecular formula is C19H30N4O2. The largest absolute Gasteiger partial charge is 0.378 e. The van der Waals surface area contributed by atoms with Crippen LogP contribution in [0.1, 0.15) is 38.2 Å². The van der Waals surface area contributed by atoms with Gasteiger partial charge in [-0.25, -0.2) is 4.79 Å². The average molecular weight is 346 g/mol. The molecule has 1 atom stereocenters. The lowest BCUT2D eigenvalue weighted by Crippen LogP contribution is -2.44. The molecule has 138 valence electrons. The molecule has 0 aliphatic carbocycles. The first kappa shape index (κ1) is 19.1. The summed E-state index contributed by atoms with van der Waals surface area (Å²) in [6, 6.07) is 8.10. The quantitative estimate of drug-likeness (QED) is 0.831. The topological polar surface area (TPSA) is 64.7 Å². The van der Waals surface area contributed by atoms with Crippen LogP contribution in [0.5, 0.6) is 0 Å². The molecule has 6 nitrogen and oxygen atoms in total. The van der Waals surface area contributed by atoms with Crippen LogP contribution < -0.4 is 15.5 Å². The highest BCUT2D eigenvalue weighted by atomic mass is 16.2. The van der Waals surface area contributed by atoms with Gasteiger partial charge in [-0.05, 0) is 43.9 Å². The normalized spacial score (nSPS) is 17.1. The van der Waals surface area contributed by atoms with Crippen LogP contribution in [0.4, 0.5) is 10.5 Å². The number of rotatable bonds is 6. The fourth-order valence-corrected chi connectivity index (χ4v) is 3.08. The highest BCUT2D eigenvalue weighted by molar-refractivity contribution is 5.78. The Kier molecular flexibility index (Phi) is 7.10. The summed E-state index contributed by atoms with van der Waals surface area (Å²) in [6.45, 7) is 3.77. The first-order valence-electron chi connectivity index (χ1n) is 9.05. The van der Waals surface area contributed by atoms with Gasteiger partial charge in [0, 0.05) is 51.9 Å². The molecule has 3 amide bonds. The summed E-state index contributed by atoms with van der Waals surface area (Å²) < 4.78 is 0. The third-order valence-electron chi connectivity index (χ3n) is 4.63. The molecule has 0 spiro atoms. The zero-order valence-electron chi connectivity index (χ0n) is 15.5. The van der Waals surface area contributed by atoms with Crippen molar-refractivity contribution in [2.75, 3.05) is 32.1 Å². The lowest BCUT2D eigenvalue weighted by molar-refractivity contribution is -0.134. The van der Waals surface area contributed by atoms with Crippen LogP contribution in [0.15, 0.2) is 24.3 Å². The first-order valence-corrected chi connectivity index (χ1v) is 9.05. The average Bonchev–Trinajstić information content (AvgIpc) is 2.60. The van der Waals surface area contributed by atoms with Crippen molar-refractivity contribution in [3.63, 3.8) is 0 Å². The molecule has 0 aromatic heterocycles. The molecule has 1 heterocycles. The van der Waals surface area contributed by atoms with Gasteiger partial charge in [0.15, 0.2) is 0 Å². The summed E-state index contributed by atoms with van der Waals surface area (Å²) in [5, 5.41) is 5.60. The van der Waals surface area contributed by atoms with Crippen molar-refractivity contribution in [1.82, 2.24) is 15.5 Å². The van der Waals surface area contributed by atoms with E-state index < -0.39 is 0 Å². The molecule has 1 aliphatic heterocycles. The maximum Gasteiger partial charge on any atom is 0.315 e. The Morgan fingerprint density at radius 3 is 2.76 bits per heavy atom. The number of amides is 3. The fourth-order valence-electron chi connectivity index (χ4n) is 3.08. The molecule has 0 saturated carbocycles. The lowest BCUT2D eigenvalue weighted by atomic mass is 10.0. The molecule has 0 radical (unpaired) electrons. The number of piperidine rings is 1. The minimum Gasteiger partial charge on any atom is -0.378 e. The van der Waals surface area contributed by atoms with Crippen molar-refractivity contribution in [2.45, 2.75) is 45.2 Å². The van der Waals surface area contributed by atoms with Crippen LogP contribution in [0, 0.1) is 0 Å². The number of carbonyl (C=O) groups is 2. The number of urea groups is 1. The summed E-state index contributed by atoms with van der Waals surface area (Å²) in [6.07, 6.45) is 3.70. The number of hydrogen-bond acceptors (Lipinski definition) is 3. The van der Waals surface area contributed by atoms with Gasteiger partial charge >= 0.3 is 6.03 Å². The summed E-state index contributed by atoms with van der Waals surface area (Å²) in [7, 11) is 3.97. The molecule has 1 aromatic carbocycles. The van der Waals surface area contributed by atoms with Crippen molar-refractivity contribution in [1.29, 1.82) is 0 Å². The Labute approximate surface area is 150 Å². The fraction of sp³-hybridized carbons (Fsp3) is 0.579. The number of anilines is 1. The zero-order valence-corrected chi connectivity index (χ0v) is 15.5. The minimum absolute atomic E-state index is 0.131. The Morgan fingerprint density at radius 2 is 2.04 bits per heavy atom. The van der Waals surface area contributed by atoms with Crippen LogP contribution in [-0.4, -0.2) is 50.1 Å². The highest BCUT2D eigenvalue weighted by Gasteiger charge is 2.22. The standard InChI is InChI=1S/C19H30N4O2/c1-15-7-4-5-12-23(15)18(24)10-11-20-19(25)21-14-16-8-6-9-17(13-16)22(2)3/h6,8-9,13,15H,4-5,7,10-12,14H2,1-3H3,(H2,20,21,25). The van der Waals surface area contributed by atoms with E-state index in [4.69, 9.17) is 0 Å². The maximum absolute atomic E-state index is 12.2. The van der Waals surface area contributed by atoms with Crippen molar-refractivity contribution < 1.29 is 9.59 Å². The zero-order chi connectivity index (χ0) is 18.2. The van der Waals surface area contributed by atoms with Crippen LogP contribution in [-0.2, 0) is 11.3 Å². The molecule has 25 heavy (non-hydrogen) atoms. The van der Waals surface area contributed by atoms with E-state index in [0.29, 0.717) is 25.6 Å². The molecule has 2 N–H and O–H groups in total. The van der Waals surface area contributed by atoms with Gasteiger partial charge in [-0.2, -0.15) is 0 Å². The summed E-state index contributed by atoms with van der Waals surface area (Å²) in [5.74, 6) is 0.131. The second-order valence-corrected chi connectivity index (χ2v) is 6.86. The number of nitrogens with one attached hydrogen (secondary N) is 2. The Hall–Kier alpha value is -2.24. The summed E-state index contributed by atoms with van der Waals surface area (Å²) in [4.78, 5) is 28.1. The monoisotopic (exact) mass is 346 g/mol. The molecule has 1 aromatic rings. The molecule has 1 unspecified atom stereocenters. The molecule has 1 fully saturated rings. The van der Waals surface area contributed by atoms with Crippen molar-refractivity contribution in [2.24, 2.45) is 0 Å². The molecular weight excluding hydrogens is 316 g/mol. The second-order valence-electron chi connectivity index (χ2n) is 6.86. The Bertz CT molecular complexity index is 589. The Balaban J connectivity index is 1.68. The van der Waals surface area contributed by atoms with Gasteiger partial charge in [-0.3, -0.25) is 4.79 Å². The van der Waals surface area contributed by atoms with E-state index in [1.165, 1.54) is 6.42 Å². The van der Waals surface area contributed by atoms with E-state index >= 15 is 0 Å². The van der Waals surface area contributed by atoms with E-state index in [2.05, 4.69) is 17.6 Å². The second kappa shape index (κ2) is 9.30. The predicted molar refractivity (Wildman–Crippen MR) is 101 cm³/mol. The van der Waals surface area contributed by atoms with Gasteiger partial charge in [-0.15, -0.1) is 0 Å². The highest BCUT2D eigenvalue weighted by Crippen LogP contribution is 2.17. The SMILES string of the molecule is CC1CCCCN1C(=O)CCNC(=O)NCc1cccc(N(C)C)c1. The van der Waals surface area contributed by atoms with E-state index in [-0.39, 0.29) is 11.9 Å². The predicted octanol–water partition coefficient (Wildman–Crippen LogP) is 2.34. The van der Waals surface area contributed by atoms with Crippen molar-refractivity contribution in [3.8, 4) is 0 Å². The lowest BCUT2D eigenvalue weighted by Gasteiger charge is -2.33. The molecule has 6 heteroatoms. The van der Waals surface area contributed by atoms with Crippen LogP contribution in [0.25, 0.3) is 0 Å². The number of likely N-dealkylation sites (tertiary alicyclic amines) is 1. The van der Waals surface area contributed by atoms with E-state index in [9.17, 15) is 9.59 Å². The van der Waals surface area contributed by atoms with E-state index in [1.54, 1.807) is 0 Å². The minimum atomic E-state index is -0.241.